The zero-order valence-corrected chi connectivity index (χ0v) is 25.3. The number of carbonyl (C=O) groups excluding carboxylic acids is 2. The number of hydrogen-bond donors (Lipinski definition) is 1. The number of rotatable bonds is 16. The van der Waals surface area contributed by atoms with E-state index in [1.165, 1.54) is 76.2 Å². The molecule has 0 amide bonds. The van der Waals surface area contributed by atoms with Crippen molar-refractivity contribution in [2.45, 2.75) is 161 Å². The summed E-state index contributed by atoms with van der Waals surface area (Å²) in [6.45, 7) is 4.83. The summed E-state index contributed by atoms with van der Waals surface area (Å²) in [7, 11) is 0. The summed E-state index contributed by atoms with van der Waals surface area (Å²) in [5.74, 6) is 1.86. The minimum atomic E-state index is -0.179. The molecular weight excluding hydrogens is 484 g/mol. The van der Waals surface area contributed by atoms with Crippen molar-refractivity contribution in [3.05, 3.63) is 11.6 Å². The number of esters is 1. The van der Waals surface area contributed by atoms with Crippen molar-refractivity contribution in [1.82, 2.24) is 0 Å². The highest BCUT2D eigenvalue weighted by Crippen LogP contribution is 2.65. The van der Waals surface area contributed by atoms with Gasteiger partial charge in [0.15, 0.2) is 5.78 Å². The van der Waals surface area contributed by atoms with E-state index in [1.807, 2.05) is 6.08 Å². The molecule has 0 aromatic rings. The molecule has 0 spiro atoms. The third kappa shape index (κ3) is 7.19. The summed E-state index contributed by atoms with van der Waals surface area (Å²) < 4.78 is 6.20. The Morgan fingerprint density at radius 2 is 1.49 bits per heavy atom. The zero-order chi connectivity index (χ0) is 27.7. The lowest BCUT2D eigenvalue weighted by Gasteiger charge is -2.58. The second kappa shape index (κ2) is 14.6. The van der Waals surface area contributed by atoms with E-state index in [9.17, 15) is 14.7 Å². The van der Waals surface area contributed by atoms with Gasteiger partial charge in [-0.3, -0.25) is 9.59 Å². The number of carbonyl (C=O) groups is 2. The number of aliphatic hydroxyl groups excluding tert-OH is 1. The largest absolute Gasteiger partial charge is 0.462 e. The van der Waals surface area contributed by atoms with Crippen LogP contribution in [0.3, 0.4) is 0 Å². The number of hydrogen-bond acceptors (Lipinski definition) is 4. The molecule has 4 aliphatic carbocycles. The van der Waals surface area contributed by atoms with Crippen LogP contribution in [0.25, 0.3) is 0 Å². The number of ketones is 1. The predicted molar refractivity (Wildman–Crippen MR) is 158 cm³/mol. The molecule has 0 saturated heterocycles. The van der Waals surface area contributed by atoms with Crippen LogP contribution in [0, 0.1) is 28.6 Å². The Bertz CT molecular complexity index is 833. The van der Waals surface area contributed by atoms with E-state index < -0.39 is 0 Å². The van der Waals surface area contributed by atoms with Gasteiger partial charge in [-0.25, -0.2) is 0 Å². The topological polar surface area (TPSA) is 63.6 Å². The van der Waals surface area contributed by atoms with Gasteiger partial charge in [0, 0.05) is 23.7 Å². The van der Waals surface area contributed by atoms with Gasteiger partial charge >= 0.3 is 5.97 Å². The molecule has 1 N–H and O–H groups in total. The molecule has 4 rings (SSSR count). The van der Waals surface area contributed by atoms with Gasteiger partial charge < -0.3 is 9.84 Å². The smallest absolute Gasteiger partial charge is 0.306 e. The first-order chi connectivity index (χ1) is 18.9. The maximum absolute atomic E-state index is 12.8. The molecule has 0 aromatic heterocycles. The molecule has 222 valence electrons. The molecule has 4 aliphatic rings. The van der Waals surface area contributed by atoms with E-state index in [-0.39, 0.29) is 35.3 Å². The fraction of sp³-hybridized carbons (Fsp3) is 0.886. The summed E-state index contributed by atoms with van der Waals surface area (Å²) in [5.41, 5.74) is 1.11. The Morgan fingerprint density at radius 1 is 0.846 bits per heavy atom. The first-order valence-corrected chi connectivity index (χ1v) is 17.0. The summed E-state index contributed by atoms with van der Waals surface area (Å²) >= 11 is 0. The second-order valence-corrected chi connectivity index (χ2v) is 14.0. The molecule has 4 heteroatoms. The summed E-state index contributed by atoms with van der Waals surface area (Å²) in [5, 5.41) is 10.6. The lowest BCUT2D eigenvalue weighted by atomic mass is 9.47. The number of aliphatic hydroxyl groups is 1. The van der Waals surface area contributed by atoms with Crippen LogP contribution in [-0.2, 0) is 14.3 Å². The van der Waals surface area contributed by atoms with Crippen LogP contribution in [-0.4, -0.2) is 29.6 Å². The second-order valence-electron chi connectivity index (χ2n) is 14.0. The molecule has 3 fully saturated rings. The van der Waals surface area contributed by atoms with E-state index >= 15 is 0 Å². The molecule has 0 aromatic carbocycles. The number of unbranched alkanes of at least 4 members (excludes halogenated alkanes) is 12. The normalized spacial score (nSPS) is 33.7. The van der Waals surface area contributed by atoms with Gasteiger partial charge in [0.2, 0.25) is 0 Å². The van der Waals surface area contributed by atoms with Crippen LogP contribution in [0.1, 0.15) is 155 Å². The van der Waals surface area contributed by atoms with E-state index in [2.05, 4.69) is 13.8 Å². The predicted octanol–water partition coefficient (Wildman–Crippen LogP) is 8.88. The molecule has 6 atom stereocenters. The van der Waals surface area contributed by atoms with Crippen LogP contribution >= 0.6 is 0 Å². The van der Waals surface area contributed by atoms with Gasteiger partial charge in [-0.15, -0.1) is 0 Å². The third-order valence-corrected chi connectivity index (χ3v) is 11.6. The average Bonchev–Trinajstić information content (AvgIpc) is 3.26. The molecule has 0 heterocycles. The molecule has 1 unspecified atom stereocenters. The first-order valence-electron chi connectivity index (χ1n) is 17.0. The Hall–Kier alpha value is -1.16. The first kappa shape index (κ1) is 30.8. The standard InChI is InChI=1S/C35H58O4/c1-3-4-5-6-7-8-9-10-11-12-13-14-15-16-33(38)39-32-20-19-30-29-18-17-27-25-28(37)21-24-35(27,26-36)31(29)22-23-34(30,32)2/h25,29-32,36H,3-24,26H2,1-2H3/t29-,30-,31+,32?,34-,35+/m0/s1. The highest BCUT2D eigenvalue weighted by Gasteiger charge is 2.61. The van der Waals surface area contributed by atoms with Gasteiger partial charge in [-0.2, -0.15) is 0 Å². The van der Waals surface area contributed by atoms with Gasteiger partial charge in [0.05, 0.1) is 6.61 Å². The third-order valence-electron chi connectivity index (χ3n) is 11.6. The summed E-state index contributed by atoms with van der Waals surface area (Å²) in [6.07, 6.45) is 27.3. The number of ether oxygens (including phenoxy) is 1. The van der Waals surface area contributed by atoms with Crippen molar-refractivity contribution in [3.8, 4) is 0 Å². The van der Waals surface area contributed by atoms with Crippen molar-refractivity contribution in [2.24, 2.45) is 28.6 Å². The van der Waals surface area contributed by atoms with E-state index in [4.69, 9.17) is 4.74 Å². The molecule has 0 bridgehead atoms. The Labute approximate surface area is 239 Å². The van der Waals surface area contributed by atoms with Crippen molar-refractivity contribution < 1.29 is 19.4 Å². The minimum Gasteiger partial charge on any atom is -0.462 e. The minimum absolute atomic E-state index is 0.0126. The van der Waals surface area contributed by atoms with E-state index in [1.54, 1.807) is 0 Å². The van der Waals surface area contributed by atoms with Crippen LogP contribution in [0.5, 0.6) is 0 Å². The Kier molecular flexibility index (Phi) is 11.6. The Balaban J connectivity index is 1.14. The fourth-order valence-electron chi connectivity index (χ4n) is 9.31. The van der Waals surface area contributed by atoms with Crippen molar-refractivity contribution >= 4 is 11.8 Å². The molecule has 39 heavy (non-hydrogen) atoms. The van der Waals surface area contributed by atoms with Crippen LogP contribution < -0.4 is 0 Å². The van der Waals surface area contributed by atoms with Crippen LogP contribution in [0.2, 0.25) is 0 Å². The van der Waals surface area contributed by atoms with Crippen molar-refractivity contribution in [1.29, 1.82) is 0 Å². The van der Waals surface area contributed by atoms with Crippen LogP contribution in [0.4, 0.5) is 0 Å². The van der Waals surface area contributed by atoms with Gasteiger partial charge in [0.1, 0.15) is 6.10 Å². The molecular formula is C35H58O4. The highest BCUT2D eigenvalue weighted by molar-refractivity contribution is 5.91. The molecule has 0 aliphatic heterocycles. The lowest BCUT2D eigenvalue weighted by molar-refractivity contribution is -0.160. The fourth-order valence-corrected chi connectivity index (χ4v) is 9.31. The van der Waals surface area contributed by atoms with Crippen molar-refractivity contribution in [3.63, 3.8) is 0 Å². The maximum Gasteiger partial charge on any atom is 0.306 e. The van der Waals surface area contributed by atoms with E-state index in [0.29, 0.717) is 30.6 Å². The monoisotopic (exact) mass is 542 g/mol. The van der Waals surface area contributed by atoms with E-state index in [0.717, 1.165) is 57.8 Å². The SMILES string of the molecule is CCCCCCCCCCCCCCCC(=O)OC1CC[C@H]2[C@@H]3CCC4=CC(=O)CC[C@]4(CO)[C@@H]3CC[C@]12C. The van der Waals surface area contributed by atoms with Gasteiger partial charge in [-0.1, -0.05) is 96.5 Å². The van der Waals surface area contributed by atoms with Crippen LogP contribution in [0.15, 0.2) is 11.6 Å². The maximum atomic E-state index is 12.8. The summed E-state index contributed by atoms with van der Waals surface area (Å²) in [6, 6.07) is 0. The average molecular weight is 543 g/mol. The quantitative estimate of drug-likeness (QED) is 0.156. The molecule has 4 nitrogen and oxygen atoms in total. The lowest BCUT2D eigenvalue weighted by Crippen LogP contribution is -2.53. The van der Waals surface area contributed by atoms with Gasteiger partial charge in [0.25, 0.3) is 0 Å². The summed E-state index contributed by atoms with van der Waals surface area (Å²) in [4.78, 5) is 24.9. The number of fused-ring (bicyclic) bond motifs is 5. The molecule has 3 saturated carbocycles. The highest BCUT2D eigenvalue weighted by atomic mass is 16.5. The van der Waals surface area contributed by atoms with Gasteiger partial charge in [-0.05, 0) is 75.2 Å². The zero-order valence-electron chi connectivity index (χ0n) is 25.3. The molecule has 0 radical (unpaired) electrons. The Morgan fingerprint density at radius 3 is 2.13 bits per heavy atom. The van der Waals surface area contributed by atoms with Crippen molar-refractivity contribution in [2.75, 3.05) is 6.61 Å².